The molecule has 9 heavy (non-hydrogen) atoms. The molecule has 0 spiro atoms. The summed E-state index contributed by atoms with van der Waals surface area (Å²) in [6, 6.07) is 0. The fourth-order valence-corrected chi connectivity index (χ4v) is 1.32. The Labute approximate surface area is 74.2 Å². The van der Waals surface area contributed by atoms with Crippen LogP contribution in [0.5, 0.6) is 0 Å². The maximum Gasteiger partial charge on any atom is 0.317 e. The van der Waals surface area contributed by atoms with E-state index in [-0.39, 0.29) is 6.42 Å². The van der Waals surface area contributed by atoms with E-state index < -0.39 is 10.2 Å². The summed E-state index contributed by atoms with van der Waals surface area (Å²) < 4.78 is 24.1. The Hall–Kier alpha value is 1.11. The average molecular weight is 286 g/mol. The van der Waals surface area contributed by atoms with Gasteiger partial charge >= 0.3 is 4.83 Å². The summed E-state index contributed by atoms with van der Waals surface area (Å²) in [5.74, 6) is 0. The zero-order valence-corrected chi connectivity index (χ0v) is 8.31. The summed E-state index contributed by atoms with van der Waals surface area (Å²) in [6.45, 7) is 0. The molecule has 0 rings (SSSR count). The second-order valence-electron chi connectivity index (χ2n) is 1.49. The van der Waals surface area contributed by atoms with E-state index in [1.165, 1.54) is 0 Å². The Balaban J connectivity index is 3.59. The van der Waals surface area contributed by atoms with Gasteiger partial charge in [-0.3, -0.25) is 0 Å². The molecule has 0 aliphatic heterocycles. The first-order valence-electron chi connectivity index (χ1n) is 2.25. The van der Waals surface area contributed by atoms with Gasteiger partial charge in [0.1, 0.15) is 5.38 Å². The third-order valence-corrected chi connectivity index (χ3v) is 2.48. The quantitative estimate of drug-likeness (QED) is 0.698. The number of alkyl halides is 5. The zero-order chi connectivity index (χ0) is 7.49. The molecule has 0 aliphatic carbocycles. The van der Waals surface area contributed by atoms with Crippen molar-refractivity contribution in [2.24, 2.45) is 0 Å². The van der Waals surface area contributed by atoms with Crippen LogP contribution in [0.3, 0.4) is 0 Å². The van der Waals surface area contributed by atoms with Crippen LogP contribution >= 0.6 is 43.5 Å². The van der Waals surface area contributed by atoms with Gasteiger partial charge in [-0.1, -0.05) is 15.9 Å². The van der Waals surface area contributed by atoms with Crippen LogP contribution in [0.4, 0.5) is 8.78 Å². The summed E-state index contributed by atoms with van der Waals surface area (Å²) in [5.41, 5.74) is 0. The van der Waals surface area contributed by atoms with Crippen LogP contribution in [-0.4, -0.2) is 15.5 Å². The first kappa shape index (κ1) is 10.1. The van der Waals surface area contributed by atoms with E-state index in [0.717, 1.165) is 0 Å². The lowest BCUT2D eigenvalue weighted by Crippen LogP contribution is -2.21. The minimum Gasteiger partial charge on any atom is -0.192 e. The van der Waals surface area contributed by atoms with Gasteiger partial charge in [-0.2, -0.15) is 8.78 Å². The van der Waals surface area contributed by atoms with Gasteiger partial charge < -0.3 is 0 Å². The third-order valence-electron chi connectivity index (χ3n) is 0.718. The zero-order valence-electron chi connectivity index (χ0n) is 4.38. The van der Waals surface area contributed by atoms with Gasteiger partial charge in [-0.15, -0.1) is 11.6 Å². The van der Waals surface area contributed by atoms with E-state index in [1.807, 2.05) is 0 Å². The van der Waals surface area contributed by atoms with Crippen molar-refractivity contribution in [2.45, 2.75) is 16.6 Å². The minimum absolute atomic E-state index is 0.250. The maximum absolute atomic E-state index is 12.1. The van der Waals surface area contributed by atoms with E-state index in [0.29, 0.717) is 5.33 Å². The molecule has 56 valence electrons. The van der Waals surface area contributed by atoms with Crippen molar-refractivity contribution in [2.75, 3.05) is 5.33 Å². The molecular weight excluding hydrogens is 281 g/mol. The first-order chi connectivity index (χ1) is 3.98. The molecule has 1 unspecified atom stereocenters. The van der Waals surface area contributed by atoms with Gasteiger partial charge in [0.2, 0.25) is 0 Å². The lowest BCUT2D eigenvalue weighted by molar-refractivity contribution is 0.108. The van der Waals surface area contributed by atoms with Gasteiger partial charge in [0, 0.05) is 5.33 Å². The number of hydrogen-bond acceptors (Lipinski definition) is 0. The van der Waals surface area contributed by atoms with Crippen molar-refractivity contribution in [1.82, 2.24) is 0 Å². The molecule has 0 bridgehead atoms. The topological polar surface area (TPSA) is 0 Å². The van der Waals surface area contributed by atoms with Crippen LogP contribution in [0, 0.1) is 0 Å². The Bertz CT molecular complexity index is 83.1. The van der Waals surface area contributed by atoms with E-state index in [2.05, 4.69) is 31.9 Å². The molecular formula is C4H5Br2ClF2. The largest absolute Gasteiger partial charge is 0.317 e. The molecule has 0 aliphatic rings. The predicted molar refractivity (Wildman–Crippen MR) is 41.9 cm³/mol. The molecule has 0 N–H and O–H groups in total. The molecule has 5 heteroatoms. The SMILES string of the molecule is FC(F)(Br)C(Cl)CCBr. The lowest BCUT2D eigenvalue weighted by Gasteiger charge is -2.12. The predicted octanol–water partition coefficient (Wildman–Crippen LogP) is 3.37. The second kappa shape index (κ2) is 4.09. The van der Waals surface area contributed by atoms with Crippen LogP contribution < -0.4 is 0 Å². The average Bonchev–Trinajstić information content (AvgIpc) is 1.64. The lowest BCUT2D eigenvalue weighted by atomic mass is 10.3. The Morgan fingerprint density at radius 2 is 2.00 bits per heavy atom. The molecule has 0 heterocycles. The van der Waals surface area contributed by atoms with E-state index >= 15 is 0 Å². The first-order valence-corrected chi connectivity index (χ1v) is 4.60. The molecule has 0 nitrogen and oxygen atoms in total. The Kier molecular flexibility index (Phi) is 4.59. The maximum atomic E-state index is 12.1. The summed E-state index contributed by atoms with van der Waals surface area (Å²) >= 11 is 10.4. The molecule has 0 amide bonds. The Morgan fingerprint density at radius 3 is 2.11 bits per heavy atom. The molecule has 0 saturated carbocycles. The molecule has 1 atom stereocenters. The van der Waals surface area contributed by atoms with Crippen molar-refractivity contribution in [3.63, 3.8) is 0 Å². The Morgan fingerprint density at radius 1 is 1.56 bits per heavy atom. The highest BCUT2D eigenvalue weighted by atomic mass is 79.9. The molecule has 0 fully saturated rings. The fraction of sp³-hybridized carbons (Fsp3) is 1.00. The van der Waals surface area contributed by atoms with Crippen LogP contribution in [0.15, 0.2) is 0 Å². The van der Waals surface area contributed by atoms with E-state index in [4.69, 9.17) is 11.6 Å². The highest BCUT2D eigenvalue weighted by Gasteiger charge is 2.33. The standard InChI is InChI=1S/C4H5Br2ClF2/c5-2-1-3(7)4(6,8)9/h3H,1-2H2. The van der Waals surface area contributed by atoms with Crippen LogP contribution in [0.2, 0.25) is 0 Å². The highest BCUT2D eigenvalue weighted by Crippen LogP contribution is 2.32. The van der Waals surface area contributed by atoms with Gasteiger partial charge in [0.25, 0.3) is 0 Å². The summed E-state index contributed by atoms with van der Waals surface area (Å²) in [4.78, 5) is -2.94. The number of rotatable bonds is 3. The monoisotopic (exact) mass is 284 g/mol. The van der Waals surface area contributed by atoms with Crippen LogP contribution in [0.25, 0.3) is 0 Å². The van der Waals surface area contributed by atoms with Crippen molar-refractivity contribution in [3.8, 4) is 0 Å². The second-order valence-corrected chi connectivity index (χ2v) is 3.86. The van der Waals surface area contributed by atoms with Gasteiger partial charge in [-0.05, 0) is 22.4 Å². The van der Waals surface area contributed by atoms with E-state index in [9.17, 15) is 8.78 Å². The number of halogens is 5. The van der Waals surface area contributed by atoms with E-state index in [1.54, 1.807) is 0 Å². The van der Waals surface area contributed by atoms with Gasteiger partial charge in [-0.25, -0.2) is 0 Å². The minimum atomic E-state index is -2.94. The summed E-state index contributed by atoms with van der Waals surface area (Å²) in [6.07, 6.45) is 0.250. The van der Waals surface area contributed by atoms with Gasteiger partial charge in [0.15, 0.2) is 0 Å². The van der Waals surface area contributed by atoms with Crippen molar-refractivity contribution in [1.29, 1.82) is 0 Å². The normalized spacial score (nSPS) is 15.7. The molecule has 0 radical (unpaired) electrons. The highest BCUT2D eigenvalue weighted by molar-refractivity contribution is 9.10. The smallest absolute Gasteiger partial charge is 0.192 e. The summed E-state index contributed by atoms with van der Waals surface area (Å²) in [7, 11) is 0. The van der Waals surface area contributed by atoms with Crippen LogP contribution in [0.1, 0.15) is 6.42 Å². The van der Waals surface area contributed by atoms with Crippen molar-refractivity contribution in [3.05, 3.63) is 0 Å². The third kappa shape index (κ3) is 4.51. The van der Waals surface area contributed by atoms with Crippen molar-refractivity contribution >= 4 is 43.5 Å². The number of hydrogen-bond donors (Lipinski definition) is 0. The molecule has 0 saturated heterocycles. The van der Waals surface area contributed by atoms with Crippen LogP contribution in [-0.2, 0) is 0 Å². The van der Waals surface area contributed by atoms with Crippen molar-refractivity contribution < 1.29 is 8.78 Å². The van der Waals surface area contributed by atoms with Gasteiger partial charge in [0.05, 0.1) is 0 Å². The molecule has 0 aromatic heterocycles. The fourth-order valence-electron chi connectivity index (χ4n) is 0.259. The summed E-state index contributed by atoms with van der Waals surface area (Å²) in [5, 5.41) is -0.639. The molecule has 0 aromatic carbocycles. The molecule has 0 aromatic rings.